The Morgan fingerprint density at radius 1 is 1.48 bits per heavy atom. The van der Waals surface area contributed by atoms with Crippen LogP contribution in [0.5, 0.6) is 0 Å². The van der Waals surface area contributed by atoms with Gasteiger partial charge in [-0.1, -0.05) is 11.8 Å². The Hall–Kier alpha value is -2.37. The van der Waals surface area contributed by atoms with Gasteiger partial charge < -0.3 is 10.1 Å². The zero-order chi connectivity index (χ0) is 18.4. The van der Waals surface area contributed by atoms with Crippen molar-refractivity contribution in [1.82, 2.24) is 14.9 Å². The summed E-state index contributed by atoms with van der Waals surface area (Å²) < 4.78 is 6.55. The predicted octanol–water partition coefficient (Wildman–Crippen LogP) is 1.80. The summed E-state index contributed by atoms with van der Waals surface area (Å²) in [7, 11) is 1.56. The molecule has 0 radical (unpaired) electrons. The van der Waals surface area contributed by atoms with Crippen molar-refractivity contribution in [2.24, 2.45) is 0 Å². The number of ether oxygens (including phenoxy) is 1. The molecular weight excluding hydrogens is 340 g/mol. The van der Waals surface area contributed by atoms with Crippen LogP contribution in [0.15, 0.2) is 28.2 Å². The second-order valence-electron chi connectivity index (χ2n) is 5.65. The van der Waals surface area contributed by atoms with Crippen molar-refractivity contribution in [3.05, 3.63) is 34.1 Å². The van der Waals surface area contributed by atoms with E-state index in [2.05, 4.69) is 10.3 Å². The Morgan fingerprint density at radius 2 is 2.24 bits per heavy atom. The van der Waals surface area contributed by atoms with E-state index in [1.807, 2.05) is 19.9 Å². The number of methoxy groups -OCH3 is 1. The summed E-state index contributed by atoms with van der Waals surface area (Å²) in [5, 5.41) is 12.5. The Labute approximate surface area is 150 Å². The maximum atomic E-state index is 12.7. The highest BCUT2D eigenvalue weighted by atomic mass is 32.2. The molecule has 0 spiro atoms. The molecule has 0 fully saturated rings. The molecule has 25 heavy (non-hydrogen) atoms. The molecule has 1 heterocycles. The molecule has 2 aromatic rings. The Kier molecular flexibility index (Phi) is 6.56. The van der Waals surface area contributed by atoms with Crippen molar-refractivity contribution in [2.75, 3.05) is 19.5 Å². The first kappa shape index (κ1) is 19.0. The van der Waals surface area contributed by atoms with Gasteiger partial charge in [-0.15, -0.1) is 0 Å². The van der Waals surface area contributed by atoms with Crippen molar-refractivity contribution in [1.29, 1.82) is 5.26 Å². The predicted molar refractivity (Wildman–Crippen MR) is 96.8 cm³/mol. The molecule has 0 aliphatic carbocycles. The van der Waals surface area contributed by atoms with Crippen LogP contribution >= 0.6 is 11.8 Å². The maximum Gasteiger partial charge on any atom is 0.262 e. The lowest BCUT2D eigenvalue weighted by molar-refractivity contribution is 0.0943. The zero-order valence-electron chi connectivity index (χ0n) is 14.4. The van der Waals surface area contributed by atoms with E-state index in [0.717, 1.165) is 0 Å². The van der Waals surface area contributed by atoms with E-state index in [4.69, 9.17) is 10.00 Å². The summed E-state index contributed by atoms with van der Waals surface area (Å²) in [6.07, 6.45) is 0. The number of hydrogen-bond donors (Lipinski definition) is 1. The molecule has 0 aliphatic rings. The average Bonchev–Trinajstić information content (AvgIpc) is 2.58. The zero-order valence-corrected chi connectivity index (χ0v) is 15.2. The number of fused-ring (bicyclic) bond motifs is 1. The summed E-state index contributed by atoms with van der Waals surface area (Å²) in [5.74, 6) is -0.0353. The van der Waals surface area contributed by atoms with Gasteiger partial charge in [0.15, 0.2) is 5.16 Å². The fraction of sp³-hybridized carbons (Fsp3) is 0.412. The molecular formula is C17H20N4O3S. The van der Waals surface area contributed by atoms with E-state index in [1.165, 1.54) is 16.3 Å². The fourth-order valence-corrected chi connectivity index (χ4v) is 2.96. The van der Waals surface area contributed by atoms with Crippen LogP contribution in [0.25, 0.3) is 10.9 Å². The van der Waals surface area contributed by atoms with Crippen molar-refractivity contribution in [2.45, 2.75) is 31.6 Å². The minimum atomic E-state index is -0.214. The van der Waals surface area contributed by atoms with Crippen molar-refractivity contribution < 1.29 is 9.53 Å². The third-order valence-electron chi connectivity index (χ3n) is 3.39. The summed E-state index contributed by atoms with van der Waals surface area (Å²) in [4.78, 5) is 29.4. The lowest BCUT2D eigenvalue weighted by Gasteiger charge is -2.13. The van der Waals surface area contributed by atoms with Crippen molar-refractivity contribution >= 4 is 28.6 Å². The number of rotatable bonds is 7. The smallest absolute Gasteiger partial charge is 0.262 e. The number of hydrogen-bond acceptors (Lipinski definition) is 6. The first-order chi connectivity index (χ1) is 12.0. The van der Waals surface area contributed by atoms with E-state index in [1.54, 1.807) is 25.3 Å². The number of carbonyl (C=O) groups is 1. The van der Waals surface area contributed by atoms with Gasteiger partial charge in [-0.05, 0) is 32.0 Å². The van der Waals surface area contributed by atoms with Crippen LogP contribution in [0.4, 0.5) is 0 Å². The molecule has 0 unspecified atom stereocenters. The van der Waals surface area contributed by atoms with E-state index < -0.39 is 0 Å². The molecule has 0 atom stereocenters. The standard InChI is InChI=1S/C17H20N4O3S/c1-11(2)19-15(22)12-4-5-13-14(10-12)20-17(25-9-6-18)21(16(13)23)7-8-24-3/h4-5,10-11H,7-9H2,1-3H3,(H,19,22). The fourth-order valence-electron chi connectivity index (χ4n) is 2.27. The largest absolute Gasteiger partial charge is 0.383 e. The number of carbonyl (C=O) groups excluding carboxylic acids is 1. The van der Waals surface area contributed by atoms with Crippen LogP contribution in [0.3, 0.4) is 0 Å². The molecule has 0 bridgehead atoms. The summed E-state index contributed by atoms with van der Waals surface area (Å²) in [6, 6.07) is 6.88. The van der Waals surface area contributed by atoms with Crippen LogP contribution in [0.2, 0.25) is 0 Å². The first-order valence-electron chi connectivity index (χ1n) is 7.82. The molecule has 7 nitrogen and oxygen atoms in total. The Morgan fingerprint density at radius 3 is 2.88 bits per heavy atom. The van der Waals surface area contributed by atoms with Gasteiger partial charge in [-0.2, -0.15) is 5.26 Å². The lowest BCUT2D eigenvalue weighted by atomic mass is 10.1. The second-order valence-corrected chi connectivity index (χ2v) is 6.59. The van der Waals surface area contributed by atoms with Crippen LogP contribution in [-0.4, -0.2) is 41.0 Å². The molecule has 1 aromatic heterocycles. The molecule has 1 N–H and O–H groups in total. The molecule has 0 saturated heterocycles. The number of thioether (sulfide) groups is 1. The second kappa shape index (κ2) is 8.65. The highest BCUT2D eigenvalue weighted by Crippen LogP contribution is 2.18. The minimum Gasteiger partial charge on any atom is -0.383 e. The number of nitrogens with one attached hydrogen (secondary N) is 1. The van der Waals surface area contributed by atoms with Gasteiger partial charge in [-0.25, -0.2) is 4.98 Å². The first-order valence-corrected chi connectivity index (χ1v) is 8.80. The highest BCUT2D eigenvalue weighted by molar-refractivity contribution is 7.99. The van der Waals surface area contributed by atoms with E-state index in [9.17, 15) is 9.59 Å². The minimum absolute atomic E-state index is 0.0138. The summed E-state index contributed by atoms with van der Waals surface area (Å²) >= 11 is 1.19. The third kappa shape index (κ3) is 4.59. The summed E-state index contributed by atoms with van der Waals surface area (Å²) in [6.45, 7) is 4.47. The maximum absolute atomic E-state index is 12.7. The van der Waals surface area contributed by atoms with Crippen LogP contribution in [0.1, 0.15) is 24.2 Å². The van der Waals surface area contributed by atoms with Crippen molar-refractivity contribution in [3.8, 4) is 6.07 Å². The third-order valence-corrected chi connectivity index (χ3v) is 4.23. The molecule has 2 rings (SSSR count). The molecule has 8 heteroatoms. The number of amides is 1. The molecule has 1 amide bonds. The quantitative estimate of drug-likeness (QED) is 0.597. The molecule has 0 saturated carbocycles. The van der Waals surface area contributed by atoms with E-state index >= 15 is 0 Å². The number of nitrogens with zero attached hydrogens (tertiary/aromatic N) is 3. The van der Waals surface area contributed by atoms with Crippen molar-refractivity contribution in [3.63, 3.8) is 0 Å². The normalized spacial score (nSPS) is 10.8. The lowest BCUT2D eigenvalue weighted by Crippen LogP contribution is -2.30. The monoisotopic (exact) mass is 360 g/mol. The van der Waals surface area contributed by atoms with Gasteiger partial charge in [-0.3, -0.25) is 14.2 Å². The van der Waals surface area contributed by atoms with Gasteiger partial charge in [0.05, 0.1) is 35.9 Å². The molecule has 132 valence electrons. The van der Waals surface area contributed by atoms with Crippen LogP contribution in [0, 0.1) is 11.3 Å². The number of nitriles is 1. The molecule has 0 aliphatic heterocycles. The van der Waals surface area contributed by atoms with Gasteiger partial charge >= 0.3 is 0 Å². The van der Waals surface area contributed by atoms with Crippen LogP contribution in [-0.2, 0) is 11.3 Å². The molecule has 1 aromatic carbocycles. The van der Waals surface area contributed by atoms with Crippen LogP contribution < -0.4 is 10.9 Å². The average molecular weight is 360 g/mol. The van der Waals surface area contributed by atoms with Gasteiger partial charge in [0.1, 0.15) is 0 Å². The Balaban J connectivity index is 2.53. The number of benzene rings is 1. The van der Waals surface area contributed by atoms with Gasteiger partial charge in [0, 0.05) is 18.7 Å². The van der Waals surface area contributed by atoms with E-state index in [0.29, 0.717) is 34.8 Å². The Bertz CT molecular complexity index is 871. The SMILES string of the molecule is COCCn1c(SCC#N)nc2cc(C(=O)NC(C)C)ccc2c1=O. The van der Waals surface area contributed by atoms with E-state index in [-0.39, 0.29) is 23.3 Å². The highest BCUT2D eigenvalue weighted by Gasteiger charge is 2.14. The number of aromatic nitrogens is 2. The van der Waals surface area contributed by atoms with Gasteiger partial charge in [0.25, 0.3) is 11.5 Å². The van der Waals surface area contributed by atoms with Gasteiger partial charge in [0.2, 0.25) is 0 Å². The topological polar surface area (TPSA) is 97.0 Å². The summed E-state index contributed by atoms with van der Waals surface area (Å²) in [5.41, 5.74) is 0.674.